The quantitative estimate of drug-likeness (QED) is 0.245. The number of guanidine groups is 1. The molecule has 0 aliphatic carbocycles. The van der Waals surface area contributed by atoms with Crippen LogP contribution in [0.15, 0.2) is 66.0 Å². The summed E-state index contributed by atoms with van der Waals surface area (Å²) in [4.78, 5) is 9.09. The van der Waals surface area contributed by atoms with Crippen LogP contribution in [0.3, 0.4) is 0 Å². The summed E-state index contributed by atoms with van der Waals surface area (Å²) >= 11 is 0. The fourth-order valence-corrected chi connectivity index (χ4v) is 3.01. The van der Waals surface area contributed by atoms with Gasteiger partial charge in [0.1, 0.15) is 12.2 Å². The molecule has 3 aromatic rings. The van der Waals surface area contributed by atoms with Crippen LogP contribution in [0.4, 0.5) is 0 Å². The van der Waals surface area contributed by atoms with E-state index in [0.29, 0.717) is 6.54 Å². The second-order valence-corrected chi connectivity index (χ2v) is 6.68. The molecule has 2 N–H and O–H groups in total. The molecule has 8 heteroatoms. The molecule has 30 heavy (non-hydrogen) atoms. The van der Waals surface area contributed by atoms with Gasteiger partial charge >= 0.3 is 0 Å². The molecule has 2 heterocycles. The van der Waals surface area contributed by atoms with Crippen molar-refractivity contribution in [3.05, 3.63) is 78.1 Å². The molecule has 0 saturated heterocycles. The third-order valence-electron chi connectivity index (χ3n) is 4.57. The highest BCUT2D eigenvalue weighted by Gasteiger charge is 2.03. The zero-order chi connectivity index (χ0) is 20.2. The second-order valence-electron chi connectivity index (χ2n) is 6.68. The average molecular weight is 519 g/mol. The van der Waals surface area contributed by atoms with Crippen molar-refractivity contribution in [1.82, 2.24) is 30.4 Å². The predicted molar refractivity (Wildman–Crippen MR) is 131 cm³/mol. The molecule has 3 rings (SSSR count). The van der Waals surface area contributed by atoms with Gasteiger partial charge in [-0.05, 0) is 24.1 Å². The maximum Gasteiger partial charge on any atom is 0.191 e. The number of hydrogen-bond acceptors (Lipinski definition) is 4. The van der Waals surface area contributed by atoms with Crippen molar-refractivity contribution in [1.29, 1.82) is 0 Å². The molecule has 0 amide bonds. The topological polar surface area (TPSA) is 80.0 Å². The number of rotatable bonds is 10. The number of aliphatic imine (C=N–C) groups is 1. The third kappa shape index (κ3) is 8.10. The van der Waals surface area contributed by atoms with Crippen LogP contribution in [0.5, 0.6) is 0 Å². The molecule has 7 nitrogen and oxygen atoms in total. The molecule has 0 aliphatic rings. The number of pyridine rings is 1. The number of hydrogen-bond donors (Lipinski definition) is 2. The van der Waals surface area contributed by atoms with Gasteiger partial charge in [0.15, 0.2) is 5.96 Å². The lowest BCUT2D eigenvalue weighted by atomic mass is 10.1. The number of benzene rings is 1. The van der Waals surface area contributed by atoms with Crippen molar-refractivity contribution in [3.63, 3.8) is 0 Å². The summed E-state index contributed by atoms with van der Waals surface area (Å²) in [5.74, 6) is 1.82. The molecule has 0 aliphatic heterocycles. The van der Waals surface area contributed by atoms with Crippen LogP contribution in [0, 0.1) is 0 Å². The van der Waals surface area contributed by atoms with E-state index < -0.39 is 0 Å². The standard InChI is InChI=1S/C22H29N7.HI/c1-2-21-28-27-18-29(21)17-16-26-22(24-14-11-19-8-4-3-5-9-19)25-15-12-20-10-6-7-13-23-20;/h3-10,13,18H,2,11-12,14-17H2,1H3,(H2,24,25,26);1H. The Morgan fingerprint density at radius 1 is 1.00 bits per heavy atom. The number of nitrogens with zero attached hydrogens (tertiary/aromatic N) is 5. The van der Waals surface area contributed by atoms with Crippen molar-refractivity contribution in [3.8, 4) is 0 Å². The van der Waals surface area contributed by atoms with Gasteiger partial charge in [0.2, 0.25) is 0 Å². The summed E-state index contributed by atoms with van der Waals surface area (Å²) in [6, 6.07) is 16.4. The molecule has 160 valence electrons. The Labute approximate surface area is 195 Å². The van der Waals surface area contributed by atoms with E-state index in [1.54, 1.807) is 6.33 Å². The van der Waals surface area contributed by atoms with Crippen molar-refractivity contribution in [2.45, 2.75) is 32.7 Å². The van der Waals surface area contributed by atoms with Crippen molar-refractivity contribution >= 4 is 29.9 Å². The first-order valence-electron chi connectivity index (χ1n) is 10.2. The van der Waals surface area contributed by atoms with Gasteiger partial charge in [-0.3, -0.25) is 9.98 Å². The number of aryl methyl sites for hydroxylation is 1. The van der Waals surface area contributed by atoms with E-state index in [1.165, 1.54) is 5.56 Å². The minimum Gasteiger partial charge on any atom is -0.356 e. The summed E-state index contributed by atoms with van der Waals surface area (Å²) in [5.41, 5.74) is 2.36. The number of halogens is 1. The summed E-state index contributed by atoms with van der Waals surface area (Å²) in [5, 5.41) is 15.0. The molecule has 2 aromatic heterocycles. The van der Waals surface area contributed by atoms with Crippen LogP contribution in [-0.4, -0.2) is 45.3 Å². The Kier molecular flexibility index (Phi) is 10.8. The van der Waals surface area contributed by atoms with E-state index in [-0.39, 0.29) is 24.0 Å². The van der Waals surface area contributed by atoms with E-state index in [9.17, 15) is 0 Å². The first kappa shape index (κ1) is 23.8. The normalized spacial score (nSPS) is 11.0. The molecular weight excluding hydrogens is 489 g/mol. The van der Waals surface area contributed by atoms with Gasteiger partial charge in [-0.15, -0.1) is 34.2 Å². The molecule has 0 saturated carbocycles. The Morgan fingerprint density at radius 3 is 2.57 bits per heavy atom. The number of nitrogens with one attached hydrogen (secondary N) is 2. The molecule has 0 spiro atoms. The van der Waals surface area contributed by atoms with Gasteiger partial charge in [-0.1, -0.05) is 43.3 Å². The molecule has 1 aromatic carbocycles. The first-order valence-corrected chi connectivity index (χ1v) is 10.2. The summed E-state index contributed by atoms with van der Waals surface area (Å²) in [7, 11) is 0. The van der Waals surface area contributed by atoms with Crippen LogP contribution in [0.25, 0.3) is 0 Å². The molecule has 0 unspecified atom stereocenters. The molecule has 0 bridgehead atoms. The Bertz CT molecular complexity index is 865. The average Bonchev–Trinajstić information content (AvgIpc) is 3.22. The van der Waals surface area contributed by atoms with Crippen molar-refractivity contribution in [2.75, 3.05) is 19.6 Å². The Morgan fingerprint density at radius 2 is 1.80 bits per heavy atom. The Hall–Kier alpha value is -2.49. The minimum absolute atomic E-state index is 0. The second kappa shape index (κ2) is 13.7. The number of aromatic nitrogens is 4. The van der Waals surface area contributed by atoms with E-state index in [0.717, 1.165) is 56.4 Å². The van der Waals surface area contributed by atoms with Gasteiger partial charge in [-0.25, -0.2) is 0 Å². The van der Waals surface area contributed by atoms with Crippen molar-refractivity contribution < 1.29 is 0 Å². The lowest BCUT2D eigenvalue weighted by Gasteiger charge is -2.13. The fourth-order valence-electron chi connectivity index (χ4n) is 3.01. The summed E-state index contributed by atoms with van der Waals surface area (Å²) in [6.45, 7) is 5.15. The maximum absolute atomic E-state index is 4.73. The largest absolute Gasteiger partial charge is 0.356 e. The van der Waals surface area contributed by atoms with E-state index in [2.05, 4.69) is 61.6 Å². The van der Waals surface area contributed by atoms with Crippen LogP contribution in [0.1, 0.15) is 24.0 Å². The zero-order valence-corrected chi connectivity index (χ0v) is 19.7. The van der Waals surface area contributed by atoms with E-state index in [1.807, 2.05) is 30.5 Å². The fraction of sp³-hybridized carbons (Fsp3) is 0.364. The molecular formula is C22H30IN7. The smallest absolute Gasteiger partial charge is 0.191 e. The SMILES string of the molecule is CCc1nncn1CCNC(=NCCc1ccccn1)NCCc1ccccc1.I. The van der Waals surface area contributed by atoms with Gasteiger partial charge in [0.25, 0.3) is 0 Å². The maximum atomic E-state index is 4.73. The van der Waals surface area contributed by atoms with Crippen LogP contribution in [0.2, 0.25) is 0 Å². The Balaban J connectivity index is 0.00000320. The monoisotopic (exact) mass is 519 g/mol. The lowest BCUT2D eigenvalue weighted by Crippen LogP contribution is -2.40. The van der Waals surface area contributed by atoms with E-state index in [4.69, 9.17) is 4.99 Å². The van der Waals surface area contributed by atoms with Gasteiger partial charge in [-0.2, -0.15) is 0 Å². The lowest BCUT2D eigenvalue weighted by molar-refractivity contribution is 0.631. The minimum atomic E-state index is 0. The zero-order valence-electron chi connectivity index (χ0n) is 17.4. The van der Waals surface area contributed by atoms with Gasteiger partial charge in [0, 0.05) is 50.9 Å². The van der Waals surface area contributed by atoms with Gasteiger partial charge in [0.05, 0.1) is 0 Å². The molecule has 0 fully saturated rings. The summed E-state index contributed by atoms with van der Waals surface area (Å²) in [6.07, 6.45) is 6.24. The van der Waals surface area contributed by atoms with Crippen molar-refractivity contribution in [2.24, 2.45) is 4.99 Å². The third-order valence-corrected chi connectivity index (χ3v) is 4.57. The highest BCUT2D eigenvalue weighted by atomic mass is 127. The highest BCUT2D eigenvalue weighted by Crippen LogP contribution is 1.99. The first-order chi connectivity index (χ1) is 14.3. The predicted octanol–water partition coefficient (Wildman–Crippen LogP) is 2.87. The molecule has 0 atom stereocenters. The van der Waals surface area contributed by atoms with Crippen LogP contribution >= 0.6 is 24.0 Å². The van der Waals surface area contributed by atoms with Gasteiger partial charge < -0.3 is 15.2 Å². The molecule has 0 radical (unpaired) electrons. The van der Waals surface area contributed by atoms with Crippen LogP contribution in [-0.2, 0) is 25.8 Å². The summed E-state index contributed by atoms with van der Waals surface area (Å²) < 4.78 is 2.07. The highest BCUT2D eigenvalue weighted by molar-refractivity contribution is 14.0. The van der Waals surface area contributed by atoms with Crippen LogP contribution < -0.4 is 10.6 Å². The van der Waals surface area contributed by atoms with E-state index >= 15 is 0 Å².